The summed E-state index contributed by atoms with van der Waals surface area (Å²) in [5.74, 6) is 2.47. The highest BCUT2D eigenvalue weighted by Crippen LogP contribution is 2.28. The highest BCUT2D eigenvalue weighted by Gasteiger charge is 2.27. The Balaban J connectivity index is 1.95. The summed E-state index contributed by atoms with van der Waals surface area (Å²) in [7, 11) is 7.79. The summed E-state index contributed by atoms with van der Waals surface area (Å²) >= 11 is 0. The maximum Gasteiger partial charge on any atom is 0.193 e. The zero-order chi connectivity index (χ0) is 17.7. The van der Waals surface area contributed by atoms with Crippen LogP contribution >= 0.6 is 0 Å². The molecule has 1 fully saturated rings. The molecule has 1 unspecified atom stereocenters. The highest BCUT2D eigenvalue weighted by molar-refractivity contribution is 5.80. The predicted molar refractivity (Wildman–Crippen MR) is 101 cm³/mol. The van der Waals surface area contributed by atoms with Crippen molar-refractivity contribution in [3.63, 3.8) is 0 Å². The van der Waals surface area contributed by atoms with Gasteiger partial charge in [0, 0.05) is 38.1 Å². The molecule has 1 aromatic carbocycles. The number of likely N-dealkylation sites (N-methyl/N-ethyl adjacent to an activating group) is 1. The van der Waals surface area contributed by atoms with Crippen LogP contribution in [0.1, 0.15) is 31.7 Å². The lowest BCUT2D eigenvalue weighted by atomic mass is 9.98. The fourth-order valence-electron chi connectivity index (χ4n) is 2.89. The Hall–Kier alpha value is -1.75. The molecule has 5 nitrogen and oxygen atoms in total. The van der Waals surface area contributed by atoms with Gasteiger partial charge >= 0.3 is 0 Å². The van der Waals surface area contributed by atoms with Crippen LogP contribution in [0.3, 0.4) is 0 Å². The molecule has 0 aliphatic carbocycles. The van der Waals surface area contributed by atoms with Crippen molar-refractivity contribution in [2.75, 3.05) is 47.9 Å². The molecule has 1 saturated heterocycles. The van der Waals surface area contributed by atoms with Crippen molar-refractivity contribution < 1.29 is 4.74 Å². The molecule has 0 spiro atoms. The SMILES string of the molecule is CN=C(NCC(C)(C)N(C)C)N1CCC(c2ccc(OC)cc2)C1. The summed E-state index contributed by atoms with van der Waals surface area (Å²) < 4.78 is 5.25. The average Bonchev–Trinajstić information content (AvgIpc) is 3.05. The number of nitrogens with zero attached hydrogens (tertiary/aromatic N) is 3. The third kappa shape index (κ3) is 4.41. The second-order valence-corrected chi connectivity index (χ2v) is 7.31. The fraction of sp³-hybridized carbons (Fsp3) is 0.632. The molecule has 1 heterocycles. The maximum absolute atomic E-state index is 5.25. The number of rotatable bonds is 5. The summed E-state index contributed by atoms with van der Waals surface area (Å²) in [5.41, 5.74) is 1.47. The Bertz CT molecular complexity index is 551. The molecule has 0 aromatic heterocycles. The molecule has 2 rings (SSSR count). The van der Waals surface area contributed by atoms with E-state index in [1.54, 1.807) is 7.11 Å². The Morgan fingerprint density at radius 3 is 2.54 bits per heavy atom. The molecule has 1 atom stereocenters. The van der Waals surface area contributed by atoms with Crippen molar-refractivity contribution in [1.29, 1.82) is 0 Å². The number of aliphatic imine (C=N–C) groups is 1. The fourth-order valence-corrected chi connectivity index (χ4v) is 2.89. The van der Waals surface area contributed by atoms with Crippen LogP contribution < -0.4 is 10.1 Å². The third-order valence-corrected chi connectivity index (χ3v) is 5.18. The Morgan fingerprint density at radius 2 is 2.00 bits per heavy atom. The van der Waals surface area contributed by atoms with Crippen LogP contribution in [0.15, 0.2) is 29.3 Å². The van der Waals surface area contributed by atoms with Crippen molar-refractivity contribution >= 4 is 5.96 Å². The van der Waals surface area contributed by atoms with Crippen LogP contribution in [0.25, 0.3) is 0 Å². The van der Waals surface area contributed by atoms with Gasteiger partial charge in [-0.3, -0.25) is 4.99 Å². The van der Waals surface area contributed by atoms with E-state index in [1.807, 2.05) is 19.2 Å². The van der Waals surface area contributed by atoms with Gasteiger partial charge in [-0.05, 0) is 52.1 Å². The van der Waals surface area contributed by atoms with E-state index in [1.165, 1.54) is 5.56 Å². The van der Waals surface area contributed by atoms with Gasteiger partial charge in [0.25, 0.3) is 0 Å². The molecule has 1 N–H and O–H groups in total. The standard InChI is InChI=1S/C19H32N4O/c1-19(2,22(4)5)14-21-18(20-3)23-12-11-16(13-23)15-7-9-17(24-6)10-8-15/h7-10,16H,11-14H2,1-6H3,(H,20,21). The van der Waals surface area contributed by atoms with Crippen LogP contribution in [0, 0.1) is 0 Å². The zero-order valence-electron chi connectivity index (χ0n) is 16.0. The number of nitrogens with one attached hydrogen (secondary N) is 1. The van der Waals surface area contributed by atoms with E-state index in [0.717, 1.165) is 37.8 Å². The van der Waals surface area contributed by atoms with Crippen molar-refractivity contribution in [2.24, 2.45) is 4.99 Å². The highest BCUT2D eigenvalue weighted by atomic mass is 16.5. The average molecular weight is 332 g/mol. The summed E-state index contributed by atoms with van der Waals surface area (Å²) in [4.78, 5) is 9.08. The quantitative estimate of drug-likeness (QED) is 0.664. The lowest BCUT2D eigenvalue weighted by molar-refractivity contribution is 0.196. The zero-order valence-corrected chi connectivity index (χ0v) is 16.0. The van der Waals surface area contributed by atoms with Crippen LogP contribution in [0.2, 0.25) is 0 Å². The lowest BCUT2D eigenvalue weighted by Gasteiger charge is -2.34. The van der Waals surface area contributed by atoms with Gasteiger partial charge < -0.3 is 19.9 Å². The monoisotopic (exact) mass is 332 g/mol. The number of guanidine groups is 1. The minimum absolute atomic E-state index is 0.0883. The van der Waals surface area contributed by atoms with E-state index in [4.69, 9.17) is 4.74 Å². The molecular weight excluding hydrogens is 300 g/mol. The molecule has 5 heteroatoms. The van der Waals surface area contributed by atoms with Crippen LogP contribution in [-0.2, 0) is 0 Å². The molecule has 0 bridgehead atoms. The number of likely N-dealkylation sites (tertiary alicyclic amines) is 1. The second kappa shape index (κ2) is 7.88. The first-order valence-corrected chi connectivity index (χ1v) is 8.64. The van der Waals surface area contributed by atoms with Crippen LogP contribution in [0.5, 0.6) is 5.75 Å². The summed E-state index contributed by atoms with van der Waals surface area (Å²) in [6.07, 6.45) is 1.16. The van der Waals surface area contributed by atoms with Gasteiger partial charge in [0.2, 0.25) is 0 Å². The van der Waals surface area contributed by atoms with Gasteiger partial charge in [-0.15, -0.1) is 0 Å². The lowest BCUT2D eigenvalue weighted by Crippen LogP contribution is -2.51. The summed E-state index contributed by atoms with van der Waals surface area (Å²) in [5, 5.41) is 3.54. The first kappa shape index (κ1) is 18.6. The molecule has 24 heavy (non-hydrogen) atoms. The van der Waals surface area contributed by atoms with E-state index in [2.05, 4.69) is 60.2 Å². The third-order valence-electron chi connectivity index (χ3n) is 5.18. The molecule has 0 amide bonds. The van der Waals surface area contributed by atoms with Crippen molar-refractivity contribution in [1.82, 2.24) is 15.1 Å². The molecule has 1 aromatic rings. The first-order chi connectivity index (χ1) is 11.4. The number of hydrogen-bond acceptors (Lipinski definition) is 3. The molecule has 0 saturated carbocycles. The van der Waals surface area contributed by atoms with Gasteiger partial charge in [-0.1, -0.05) is 12.1 Å². The van der Waals surface area contributed by atoms with E-state index < -0.39 is 0 Å². The van der Waals surface area contributed by atoms with Crippen molar-refractivity contribution in [3.8, 4) is 5.75 Å². The maximum atomic E-state index is 5.25. The van der Waals surface area contributed by atoms with Gasteiger partial charge in [0.15, 0.2) is 5.96 Å². The summed E-state index contributed by atoms with van der Waals surface area (Å²) in [6.45, 7) is 7.39. The smallest absolute Gasteiger partial charge is 0.193 e. The molecule has 134 valence electrons. The number of hydrogen-bond donors (Lipinski definition) is 1. The molecule has 1 aliphatic heterocycles. The van der Waals surface area contributed by atoms with Crippen LogP contribution in [-0.4, -0.2) is 69.2 Å². The van der Waals surface area contributed by atoms with Crippen molar-refractivity contribution in [3.05, 3.63) is 29.8 Å². The minimum atomic E-state index is 0.0883. The summed E-state index contributed by atoms with van der Waals surface area (Å²) in [6, 6.07) is 8.45. The normalized spacial score (nSPS) is 19.0. The first-order valence-electron chi connectivity index (χ1n) is 8.64. The van der Waals surface area contributed by atoms with Gasteiger partial charge in [-0.2, -0.15) is 0 Å². The van der Waals surface area contributed by atoms with E-state index in [-0.39, 0.29) is 5.54 Å². The molecular formula is C19H32N4O. The van der Waals surface area contributed by atoms with Gasteiger partial charge in [-0.25, -0.2) is 0 Å². The molecule has 0 radical (unpaired) electrons. The number of ether oxygens (including phenoxy) is 1. The Kier molecular flexibility index (Phi) is 6.10. The largest absolute Gasteiger partial charge is 0.497 e. The second-order valence-electron chi connectivity index (χ2n) is 7.31. The number of methoxy groups -OCH3 is 1. The van der Waals surface area contributed by atoms with E-state index in [0.29, 0.717) is 5.92 Å². The van der Waals surface area contributed by atoms with Gasteiger partial charge in [0.1, 0.15) is 5.75 Å². The Morgan fingerprint density at radius 1 is 1.33 bits per heavy atom. The Labute approximate surface area is 146 Å². The van der Waals surface area contributed by atoms with E-state index >= 15 is 0 Å². The minimum Gasteiger partial charge on any atom is -0.497 e. The van der Waals surface area contributed by atoms with E-state index in [9.17, 15) is 0 Å². The number of benzene rings is 1. The topological polar surface area (TPSA) is 40.1 Å². The molecule has 1 aliphatic rings. The van der Waals surface area contributed by atoms with Crippen molar-refractivity contribution in [2.45, 2.75) is 31.7 Å². The van der Waals surface area contributed by atoms with Crippen LogP contribution in [0.4, 0.5) is 0 Å². The van der Waals surface area contributed by atoms with Gasteiger partial charge in [0.05, 0.1) is 7.11 Å². The predicted octanol–water partition coefficient (Wildman–Crippen LogP) is 2.40.